The van der Waals surface area contributed by atoms with Gasteiger partial charge in [0.2, 0.25) is 0 Å². The highest BCUT2D eigenvalue weighted by atomic mass is 16.5. The Morgan fingerprint density at radius 2 is 1.19 bits per heavy atom. The smallest absolute Gasteiger partial charge is 0.320 e. The number of hydrogen-bond acceptors (Lipinski definition) is 8. The molecule has 1 aliphatic rings. The maximum atomic E-state index is 11.9. The average Bonchev–Trinajstić information content (AvgIpc) is 2.62. The minimum Gasteiger partial charge on any atom is -0.461 e. The van der Waals surface area contributed by atoms with Gasteiger partial charge in [-0.15, -0.1) is 0 Å². The molecule has 0 bridgehead atoms. The SMILES string of the molecule is C=CCOC(=O)CN1CCNCCNCCN(CC(=O)OCC=C)CC1. The molecule has 0 saturated carbocycles. The van der Waals surface area contributed by atoms with Crippen molar-refractivity contribution in [2.75, 3.05) is 78.7 Å². The lowest BCUT2D eigenvalue weighted by Gasteiger charge is -2.27. The molecule has 0 atom stereocenters. The van der Waals surface area contributed by atoms with Crippen LogP contribution in [0.1, 0.15) is 0 Å². The normalized spacial score (nSPS) is 18.2. The molecule has 0 aromatic heterocycles. The molecule has 0 aromatic carbocycles. The predicted molar refractivity (Wildman–Crippen MR) is 101 cm³/mol. The van der Waals surface area contributed by atoms with Crippen molar-refractivity contribution in [3.63, 3.8) is 0 Å². The second-order valence-electron chi connectivity index (χ2n) is 6.00. The van der Waals surface area contributed by atoms with Crippen molar-refractivity contribution < 1.29 is 19.1 Å². The van der Waals surface area contributed by atoms with Gasteiger partial charge in [0.25, 0.3) is 0 Å². The highest BCUT2D eigenvalue weighted by Crippen LogP contribution is 1.96. The lowest BCUT2D eigenvalue weighted by molar-refractivity contribution is -0.145. The zero-order valence-electron chi connectivity index (χ0n) is 15.6. The van der Waals surface area contributed by atoms with Gasteiger partial charge in [0.15, 0.2) is 0 Å². The molecule has 0 unspecified atom stereocenters. The van der Waals surface area contributed by atoms with E-state index in [4.69, 9.17) is 9.47 Å². The number of carbonyl (C=O) groups excluding carboxylic acids is 2. The number of carbonyl (C=O) groups is 2. The molecule has 26 heavy (non-hydrogen) atoms. The maximum absolute atomic E-state index is 11.9. The van der Waals surface area contributed by atoms with Crippen molar-refractivity contribution in [1.29, 1.82) is 0 Å². The third-order valence-corrected chi connectivity index (χ3v) is 3.85. The van der Waals surface area contributed by atoms with Crippen molar-refractivity contribution in [3.8, 4) is 0 Å². The van der Waals surface area contributed by atoms with Gasteiger partial charge in [-0.1, -0.05) is 25.3 Å². The molecular formula is C18H32N4O4. The lowest BCUT2D eigenvalue weighted by Crippen LogP contribution is -2.46. The molecule has 1 rings (SSSR count). The van der Waals surface area contributed by atoms with E-state index >= 15 is 0 Å². The molecule has 1 saturated heterocycles. The summed E-state index contributed by atoms with van der Waals surface area (Å²) >= 11 is 0. The van der Waals surface area contributed by atoms with Crippen LogP contribution in [0.25, 0.3) is 0 Å². The number of ether oxygens (including phenoxy) is 2. The molecule has 0 amide bonds. The van der Waals surface area contributed by atoms with Crippen molar-refractivity contribution in [3.05, 3.63) is 25.3 Å². The highest BCUT2D eigenvalue weighted by molar-refractivity contribution is 5.72. The Bertz CT molecular complexity index is 405. The van der Waals surface area contributed by atoms with Gasteiger partial charge < -0.3 is 20.1 Å². The second-order valence-corrected chi connectivity index (χ2v) is 6.00. The van der Waals surface area contributed by atoms with Gasteiger partial charge in [0.05, 0.1) is 13.1 Å². The molecule has 0 spiro atoms. The quantitative estimate of drug-likeness (QED) is 0.427. The first-order valence-electron chi connectivity index (χ1n) is 9.05. The van der Waals surface area contributed by atoms with E-state index in [1.807, 2.05) is 9.80 Å². The highest BCUT2D eigenvalue weighted by Gasteiger charge is 2.16. The van der Waals surface area contributed by atoms with Crippen LogP contribution in [0.2, 0.25) is 0 Å². The summed E-state index contributed by atoms with van der Waals surface area (Å²) in [7, 11) is 0. The van der Waals surface area contributed by atoms with E-state index in [0.29, 0.717) is 13.1 Å². The van der Waals surface area contributed by atoms with Gasteiger partial charge in [-0.2, -0.15) is 0 Å². The summed E-state index contributed by atoms with van der Waals surface area (Å²) in [5.74, 6) is -0.536. The Balaban J connectivity index is 2.56. The predicted octanol–water partition coefficient (Wildman–Crippen LogP) is -0.758. The van der Waals surface area contributed by atoms with Crippen molar-refractivity contribution in [2.45, 2.75) is 0 Å². The monoisotopic (exact) mass is 368 g/mol. The number of nitrogens with zero attached hydrogens (tertiary/aromatic N) is 2. The summed E-state index contributed by atoms with van der Waals surface area (Å²) in [6.45, 7) is 14.1. The Morgan fingerprint density at radius 1 is 0.769 bits per heavy atom. The minimum absolute atomic E-state index is 0.220. The number of nitrogens with one attached hydrogen (secondary N) is 2. The molecule has 1 heterocycles. The van der Waals surface area contributed by atoms with E-state index in [-0.39, 0.29) is 38.2 Å². The molecule has 2 N–H and O–H groups in total. The van der Waals surface area contributed by atoms with Crippen molar-refractivity contribution >= 4 is 11.9 Å². The first kappa shape index (κ1) is 22.3. The third kappa shape index (κ3) is 11.0. The molecule has 1 aliphatic heterocycles. The third-order valence-electron chi connectivity index (χ3n) is 3.85. The van der Waals surface area contributed by atoms with Crippen LogP contribution in [0.3, 0.4) is 0 Å². The van der Waals surface area contributed by atoms with Crippen LogP contribution in [-0.4, -0.2) is 100 Å². The van der Waals surface area contributed by atoms with E-state index < -0.39 is 0 Å². The Morgan fingerprint density at radius 3 is 1.58 bits per heavy atom. The average molecular weight is 368 g/mol. The molecule has 0 radical (unpaired) electrons. The Labute approximate surface area is 156 Å². The molecular weight excluding hydrogens is 336 g/mol. The fraction of sp³-hybridized carbons (Fsp3) is 0.667. The van der Waals surface area contributed by atoms with Gasteiger partial charge in [-0.3, -0.25) is 19.4 Å². The first-order chi connectivity index (χ1) is 12.7. The molecule has 8 nitrogen and oxygen atoms in total. The Hall–Kier alpha value is -1.74. The Kier molecular flexibility index (Phi) is 12.4. The minimum atomic E-state index is -0.268. The maximum Gasteiger partial charge on any atom is 0.320 e. The molecule has 0 aliphatic carbocycles. The van der Waals surface area contributed by atoms with Gasteiger partial charge in [-0.25, -0.2) is 0 Å². The zero-order valence-corrected chi connectivity index (χ0v) is 15.6. The van der Waals surface area contributed by atoms with Crippen LogP contribution in [0.4, 0.5) is 0 Å². The summed E-state index contributed by atoms with van der Waals surface area (Å²) in [4.78, 5) is 27.8. The van der Waals surface area contributed by atoms with E-state index in [1.54, 1.807) is 12.2 Å². The molecule has 8 heteroatoms. The number of esters is 2. The summed E-state index contributed by atoms with van der Waals surface area (Å²) < 4.78 is 10.2. The van der Waals surface area contributed by atoms with Crippen LogP contribution >= 0.6 is 0 Å². The van der Waals surface area contributed by atoms with Gasteiger partial charge >= 0.3 is 11.9 Å². The van der Waals surface area contributed by atoms with Crippen LogP contribution in [0.15, 0.2) is 25.3 Å². The fourth-order valence-electron chi connectivity index (χ4n) is 2.48. The molecule has 0 aromatic rings. The van der Waals surface area contributed by atoms with Crippen molar-refractivity contribution in [1.82, 2.24) is 20.4 Å². The van der Waals surface area contributed by atoms with E-state index in [1.165, 1.54) is 0 Å². The topological polar surface area (TPSA) is 83.1 Å². The summed E-state index contributed by atoms with van der Waals surface area (Å²) in [6, 6.07) is 0. The zero-order chi connectivity index (χ0) is 19.0. The van der Waals surface area contributed by atoms with Crippen LogP contribution in [0.5, 0.6) is 0 Å². The number of hydrogen-bond donors (Lipinski definition) is 2. The van der Waals surface area contributed by atoms with Crippen LogP contribution < -0.4 is 10.6 Å². The van der Waals surface area contributed by atoms with E-state index in [2.05, 4.69) is 23.8 Å². The van der Waals surface area contributed by atoms with Gasteiger partial charge in [0.1, 0.15) is 13.2 Å². The second kappa shape index (κ2) is 14.4. The molecule has 1 fully saturated rings. The summed E-state index contributed by atoms with van der Waals surface area (Å²) in [5.41, 5.74) is 0. The summed E-state index contributed by atoms with van der Waals surface area (Å²) in [5, 5.41) is 6.69. The van der Waals surface area contributed by atoms with E-state index in [0.717, 1.165) is 39.3 Å². The fourth-order valence-corrected chi connectivity index (χ4v) is 2.48. The van der Waals surface area contributed by atoms with Gasteiger partial charge in [0, 0.05) is 52.4 Å². The van der Waals surface area contributed by atoms with Gasteiger partial charge in [-0.05, 0) is 0 Å². The van der Waals surface area contributed by atoms with E-state index in [9.17, 15) is 9.59 Å². The first-order valence-corrected chi connectivity index (χ1v) is 9.05. The summed E-state index contributed by atoms with van der Waals surface area (Å²) in [6.07, 6.45) is 3.11. The lowest BCUT2D eigenvalue weighted by atomic mass is 10.3. The van der Waals surface area contributed by atoms with Crippen LogP contribution in [0, 0.1) is 0 Å². The van der Waals surface area contributed by atoms with Crippen LogP contribution in [-0.2, 0) is 19.1 Å². The van der Waals surface area contributed by atoms with Crippen molar-refractivity contribution in [2.24, 2.45) is 0 Å². The molecule has 148 valence electrons. The number of rotatable bonds is 8. The standard InChI is InChI=1S/C18H32N4O4/c1-3-13-25-17(23)15-21-9-7-19-5-6-20-8-10-22(12-11-21)16-18(24)26-14-4-2/h3-4,19-20H,1-2,5-16H2. The largest absolute Gasteiger partial charge is 0.461 e.